The molecule has 0 saturated heterocycles. The largest absolute Gasteiger partial charge is 0.342 e. The highest BCUT2D eigenvalue weighted by Crippen LogP contribution is 2.23. The molecule has 1 atom stereocenters. The molecule has 0 spiro atoms. The Hall–Kier alpha value is -1.40. The maximum absolute atomic E-state index is 11.8. The summed E-state index contributed by atoms with van der Waals surface area (Å²) in [5.74, 6) is 1.74. The molecule has 5 nitrogen and oxygen atoms in total. The Morgan fingerprint density at radius 1 is 1.33 bits per heavy atom. The summed E-state index contributed by atoms with van der Waals surface area (Å²) in [6.45, 7) is 4.94. The van der Waals surface area contributed by atoms with Crippen LogP contribution in [0.2, 0.25) is 0 Å². The molecule has 0 bridgehead atoms. The lowest BCUT2D eigenvalue weighted by Crippen LogP contribution is -2.19. The Morgan fingerprint density at radius 3 is 2.62 bits per heavy atom. The molecule has 1 heterocycles. The number of nitrogens with two attached hydrogens (primary N) is 1. The van der Waals surface area contributed by atoms with Gasteiger partial charge in [-0.2, -0.15) is 0 Å². The maximum Gasteiger partial charge on any atom is 0.177 e. The van der Waals surface area contributed by atoms with Crippen LogP contribution in [0.15, 0.2) is 23.1 Å². The van der Waals surface area contributed by atoms with Crippen LogP contribution in [0.1, 0.15) is 26.1 Å². The Balaban J connectivity index is 2.35. The maximum atomic E-state index is 11.8. The molecule has 1 unspecified atom stereocenters. The second-order valence-electron chi connectivity index (χ2n) is 6.04. The van der Waals surface area contributed by atoms with Gasteiger partial charge in [-0.15, -0.1) is 0 Å². The van der Waals surface area contributed by atoms with Crippen LogP contribution in [0.3, 0.4) is 0 Å². The zero-order valence-corrected chi connectivity index (χ0v) is 13.6. The number of sulfone groups is 1. The number of rotatable bonds is 6. The van der Waals surface area contributed by atoms with E-state index in [4.69, 9.17) is 5.73 Å². The van der Waals surface area contributed by atoms with E-state index in [1.807, 2.05) is 6.07 Å². The number of hydrogen-bond donors (Lipinski definition) is 2. The van der Waals surface area contributed by atoms with E-state index in [1.165, 1.54) is 6.26 Å². The molecule has 0 radical (unpaired) electrons. The Bertz CT molecular complexity index is 720. The van der Waals surface area contributed by atoms with Crippen molar-refractivity contribution >= 4 is 20.9 Å². The van der Waals surface area contributed by atoms with Crippen molar-refractivity contribution in [3.8, 4) is 0 Å². The average molecular weight is 309 g/mol. The molecular formula is C15H23N3O2S. The first-order valence-corrected chi connectivity index (χ1v) is 9.08. The Labute approximate surface area is 125 Å². The molecule has 0 aliphatic heterocycles. The molecule has 1 aromatic carbocycles. The number of fused-ring (bicyclic) bond motifs is 1. The predicted molar refractivity (Wildman–Crippen MR) is 84.9 cm³/mol. The van der Waals surface area contributed by atoms with Crippen LogP contribution in [-0.2, 0) is 16.3 Å². The third-order valence-electron chi connectivity index (χ3n) is 3.54. The molecule has 3 N–H and O–H groups in total. The molecule has 0 aliphatic rings. The van der Waals surface area contributed by atoms with Gasteiger partial charge >= 0.3 is 0 Å². The molecule has 21 heavy (non-hydrogen) atoms. The van der Waals surface area contributed by atoms with Crippen LogP contribution in [0.4, 0.5) is 0 Å². The fourth-order valence-electron chi connectivity index (χ4n) is 2.66. The Morgan fingerprint density at radius 2 is 2.05 bits per heavy atom. The van der Waals surface area contributed by atoms with Gasteiger partial charge in [0.25, 0.3) is 0 Å². The third-order valence-corrected chi connectivity index (χ3v) is 4.67. The van der Waals surface area contributed by atoms with E-state index in [0.29, 0.717) is 23.9 Å². The number of benzene rings is 1. The van der Waals surface area contributed by atoms with Crippen molar-refractivity contribution < 1.29 is 8.42 Å². The number of para-hydroxylation sites is 1. The number of nitrogens with zero attached hydrogens (tertiary/aromatic N) is 1. The van der Waals surface area contributed by atoms with Gasteiger partial charge in [0.1, 0.15) is 11.3 Å². The van der Waals surface area contributed by atoms with Gasteiger partial charge in [0.2, 0.25) is 0 Å². The van der Waals surface area contributed by atoms with Crippen LogP contribution >= 0.6 is 0 Å². The minimum Gasteiger partial charge on any atom is -0.342 e. The van der Waals surface area contributed by atoms with Gasteiger partial charge in [0.05, 0.1) is 10.4 Å². The second-order valence-corrected chi connectivity index (χ2v) is 8.03. The van der Waals surface area contributed by atoms with Crippen LogP contribution in [0.5, 0.6) is 0 Å². The van der Waals surface area contributed by atoms with Gasteiger partial charge < -0.3 is 10.7 Å². The summed E-state index contributed by atoms with van der Waals surface area (Å²) in [5, 5.41) is 0. The van der Waals surface area contributed by atoms with E-state index < -0.39 is 9.84 Å². The van der Waals surface area contributed by atoms with Crippen molar-refractivity contribution in [2.45, 2.75) is 31.6 Å². The summed E-state index contributed by atoms with van der Waals surface area (Å²) in [4.78, 5) is 7.97. The summed E-state index contributed by atoms with van der Waals surface area (Å²) < 4.78 is 23.6. The van der Waals surface area contributed by atoms with Crippen molar-refractivity contribution in [2.75, 3.05) is 12.8 Å². The van der Waals surface area contributed by atoms with Crippen LogP contribution in [0.25, 0.3) is 11.0 Å². The first-order chi connectivity index (χ1) is 9.81. The molecule has 116 valence electrons. The van der Waals surface area contributed by atoms with E-state index in [0.717, 1.165) is 24.2 Å². The molecule has 1 aromatic heterocycles. The molecular weight excluding hydrogens is 286 g/mol. The highest BCUT2D eigenvalue weighted by molar-refractivity contribution is 7.91. The third kappa shape index (κ3) is 3.83. The molecule has 0 amide bonds. The minimum absolute atomic E-state index is 0.274. The SMILES string of the molecule is CC(C)CC(CN)Cc1nc2c(S(C)(=O)=O)cccc2[nH]1. The Kier molecular flexibility index (Phi) is 4.68. The number of H-pyrrole nitrogens is 1. The van der Waals surface area contributed by atoms with E-state index >= 15 is 0 Å². The van der Waals surface area contributed by atoms with Gasteiger partial charge in [-0.3, -0.25) is 0 Å². The highest BCUT2D eigenvalue weighted by Gasteiger charge is 2.17. The molecule has 2 aromatic rings. The minimum atomic E-state index is -3.28. The number of nitrogens with one attached hydrogen (secondary N) is 1. The van der Waals surface area contributed by atoms with Gasteiger partial charge in [-0.1, -0.05) is 19.9 Å². The van der Waals surface area contributed by atoms with Gasteiger partial charge in [-0.25, -0.2) is 13.4 Å². The average Bonchev–Trinajstić information content (AvgIpc) is 2.77. The lowest BCUT2D eigenvalue weighted by atomic mass is 9.94. The van der Waals surface area contributed by atoms with Gasteiger partial charge in [0, 0.05) is 12.7 Å². The van der Waals surface area contributed by atoms with E-state index in [9.17, 15) is 8.42 Å². The van der Waals surface area contributed by atoms with Crippen molar-refractivity contribution in [1.82, 2.24) is 9.97 Å². The molecule has 0 saturated carbocycles. The molecule has 2 rings (SSSR count). The highest BCUT2D eigenvalue weighted by atomic mass is 32.2. The van der Waals surface area contributed by atoms with Crippen molar-refractivity contribution in [1.29, 1.82) is 0 Å². The van der Waals surface area contributed by atoms with Crippen molar-refractivity contribution in [3.63, 3.8) is 0 Å². The predicted octanol–water partition coefficient (Wildman–Crippen LogP) is 2.13. The monoisotopic (exact) mass is 309 g/mol. The van der Waals surface area contributed by atoms with E-state index in [1.54, 1.807) is 12.1 Å². The lowest BCUT2D eigenvalue weighted by molar-refractivity contribution is 0.410. The zero-order chi connectivity index (χ0) is 15.6. The fourth-order valence-corrected chi connectivity index (χ4v) is 3.49. The zero-order valence-electron chi connectivity index (χ0n) is 12.8. The summed E-state index contributed by atoms with van der Waals surface area (Å²) in [6, 6.07) is 5.17. The summed E-state index contributed by atoms with van der Waals surface area (Å²) in [5.41, 5.74) is 7.11. The second kappa shape index (κ2) is 6.15. The fraction of sp³-hybridized carbons (Fsp3) is 0.533. The standard InChI is InChI=1S/C15H23N3O2S/c1-10(2)7-11(9-16)8-14-17-12-5-4-6-13(15(12)18-14)21(3,19)20/h4-6,10-11H,7-9,16H2,1-3H3,(H,17,18). The summed E-state index contributed by atoms with van der Waals surface area (Å²) in [7, 11) is -3.28. The first-order valence-electron chi connectivity index (χ1n) is 7.19. The van der Waals surface area contributed by atoms with Gasteiger partial charge in [0.15, 0.2) is 9.84 Å². The normalized spacial score (nSPS) is 14.0. The van der Waals surface area contributed by atoms with Crippen LogP contribution in [-0.4, -0.2) is 31.2 Å². The van der Waals surface area contributed by atoms with E-state index in [2.05, 4.69) is 23.8 Å². The van der Waals surface area contributed by atoms with Crippen LogP contribution in [0, 0.1) is 11.8 Å². The number of hydrogen-bond acceptors (Lipinski definition) is 4. The smallest absolute Gasteiger partial charge is 0.177 e. The topological polar surface area (TPSA) is 88.8 Å². The van der Waals surface area contributed by atoms with Crippen molar-refractivity contribution in [2.24, 2.45) is 17.6 Å². The summed E-state index contributed by atoms with van der Waals surface area (Å²) in [6.07, 6.45) is 2.98. The number of aromatic nitrogens is 2. The summed E-state index contributed by atoms with van der Waals surface area (Å²) >= 11 is 0. The quantitative estimate of drug-likeness (QED) is 0.855. The molecule has 0 aliphatic carbocycles. The molecule has 0 fully saturated rings. The van der Waals surface area contributed by atoms with E-state index in [-0.39, 0.29) is 4.90 Å². The lowest BCUT2D eigenvalue weighted by Gasteiger charge is -2.15. The number of aromatic amines is 1. The van der Waals surface area contributed by atoms with Crippen LogP contribution < -0.4 is 5.73 Å². The van der Waals surface area contributed by atoms with Crippen molar-refractivity contribution in [3.05, 3.63) is 24.0 Å². The van der Waals surface area contributed by atoms with Gasteiger partial charge in [-0.05, 0) is 36.9 Å². The first kappa shape index (κ1) is 16.0. The number of imidazole rings is 1. The molecule has 6 heteroatoms.